The molecule has 1 amide bonds. The molecule has 0 spiro atoms. The van der Waals surface area contributed by atoms with Gasteiger partial charge < -0.3 is 10.0 Å². The highest BCUT2D eigenvalue weighted by Gasteiger charge is 2.37. The zero-order chi connectivity index (χ0) is 14.9. The monoisotopic (exact) mass is 359 g/mol. The fourth-order valence-corrected chi connectivity index (χ4v) is 3.36. The average Bonchev–Trinajstić information content (AvgIpc) is 2.37. The summed E-state index contributed by atoms with van der Waals surface area (Å²) in [5.41, 5.74) is 0.343. The van der Waals surface area contributed by atoms with Gasteiger partial charge in [0.15, 0.2) is 0 Å². The largest absolute Gasteiger partial charge is 0.480 e. The minimum atomic E-state index is -0.959. The lowest BCUT2D eigenvalue weighted by Crippen LogP contribution is -2.52. The van der Waals surface area contributed by atoms with Crippen molar-refractivity contribution < 1.29 is 14.7 Å². The van der Waals surface area contributed by atoms with Crippen LogP contribution in [0.3, 0.4) is 0 Å². The minimum Gasteiger partial charge on any atom is -0.480 e. The van der Waals surface area contributed by atoms with E-state index in [4.69, 9.17) is 11.6 Å². The molecule has 6 heteroatoms. The molecule has 4 nitrogen and oxygen atoms in total. The van der Waals surface area contributed by atoms with E-state index in [2.05, 4.69) is 15.9 Å². The van der Waals surface area contributed by atoms with Crippen LogP contribution >= 0.6 is 27.5 Å². The predicted octanol–water partition coefficient (Wildman–Crippen LogP) is 3.43. The van der Waals surface area contributed by atoms with E-state index in [-0.39, 0.29) is 11.8 Å². The third-order valence-electron chi connectivity index (χ3n) is 3.61. The lowest BCUT2D eigenvalue weighted by molar-refractivity contribution is -0.145. The van der Waals surface area contributed by atoms with Gasteiger partial charge in [-0.2, -0.15) is 0 Å². The molecule has 1 aliphatic heterocycles. The average molecular weight is 361 g/mol. The Bertz CT molecular complexity index is 549. The maximum Gasteiger partial charge on any atom is 0.326 e. The number of hydrogen-bond donors (Lipinski definition) is 1. The van der Waals surface area contributed by atoms with Crippen LogP contribution < -0.4 is 0 Å². The fourth-order valence-electron chi connectivity index (χ4n) is 2.61. The fraction of sp³-hybridized carbons (Fsp3) is 0.429. The maximum absolute atomic E-state index is 12.6. The number of carbonyl (C=O) groups is 2. The third-order valence-corrected chi connectivity index (χ3v) is 4.41. The van der Waals surface area contributed by atoms with Crippen LogP contribution in [0, 0.1) is 5.92 Å². The molecule has 0 saturated carbocycles. The van der Waals surface area contributed by atoms with Gasteiger partial charge in [-0.15, -0.1) is 0 Å². The van der Waals surface area contributed by atoms with E-state index in [9.17, 15) is 14.7 Å². The summed E-state index contributed by atoms with van der Waals surface area (Å²) in [7, 11) is 0. The van der Waals surface area contributed by atoms with Gasteiger partial charge in [0.25, 0.3) is 5.91 Å². The first-order valence-corrected chi connectivity index (χ1v) is 7.57. The second-order valence-corrected chi connectivity index (χ2v) is 6.35. The first-order valence-electron chi connectivity index (χ1n) is 6.40. The number of piperidine rings is 1. The highest BCUT2D eigenvalue weighted by atomic mass is 79.9. The van der Waals surface area contributed by atoms with Gasteiger partial charge in [0.05, 0.1) is 10.6 Å². The van der Waals surface area contributed by atoms with E-state index in [1.807, 2.05) is 6.92 Å². The van der Waals surface area contributed by atoms with Gasteiger partial charge in [0.1, 0.15) is 6.04 Å². The molecule has 2 rings (SSSR count). The summed E-state index contributed by atoms with van der Waals surface area (Å²) >= 11 is 9.36. The topological polar surface area (TPSA) is 57.6 Å². The number of carbonyl (C=O) groups excluding carboxylic acids is 1. The number of carboxylic acids is 1. The second-order valence-electron chi connectivity index (χ2n) is 5.03. The van der Waals surface area contributed by atoms with Crippen LogP contribution in [0.15, 0.2) is 22.7 Å². The predicted molar refractivity (Wildman–Crippen MR) is 80.0 cm³/mol. The van der Waals surface area contributed by atoms with Gasteiger partial charge in [0, 0.05) is 11.0 Å². The van der Waals surface area contributed by atoms with Gasteiger partial charge in [0.2, 0.25) is 0 Å². The number of hydrogen-bond acceptors (Lipinski definition) is 2. The van der Waals surface area contributed by atoms with Crippen LogP contribution in [0.25, 0.3) is 0 Å². The minimum absolute atomic E-state index is 0.0561. The van der Waals surface area contributed by atoms with E-state index in [1.165, 1.54) is 4.90 Å². The molecule has 2 unspecified atom stereocenters. The van der Waals surface area contributed by atoms with E-state index >= 15 is 0 Å². The van der Waals surface area contributed by atoms with Crippen molar-refractivity contribution in [1.29, 1.82) is 0 Å². The van der Waals surface area contributed by atoms with Crippen LogP contribution in [0.2, 0.25) is 5.02 Å². The van der Waals surface area contributed by atoms with Crippen molar-refractivity contribution in [1.82, 2.24) is 4.90 Å². The molecule has 0 radical (unpaired) electrons. The summed E-state index contributed by atoms with van der Waals surface area (Å²) in [5, 5.41) is 9.68. The molecule has 0 aliphatic carbocycles. The Morgan fingerprint density at radius 1 is 1.45 bits per heavy atom. The number of halogens is 2. The molecule has 1 saturated heterocycles. The summed E-state index contributed by atoms with van der Waals surface area (Å²) < 4.78 is 0.779. The Kier molecular flexibility index (Phi) is 4.70. The highest BCUT2D eigenvalue weighted by Crippen LogP contribution is 2.28. The standard InChI is InChI=1S/C14H15BrClNO3/c1-8-3-2-6-17(12(8)14(19)20)13(18)10-5-4-9(15)7-11(10)16/h4-5,7-8,12H,2-3,6H2,1H3,(H,19,20). The summed E-state index contributed by atoms with van der Waals surface area (Å²) in [6, 6.07) is 4.20. The van der Waals surface area contributed by atoms with Gasteiger partial charge in [-0.3, -0.25) is 4.79 Å². The number of likely N-dealkylation sites (tertiary alicyclic amines) is 1. The first kappa shape index (κ1) is 15.3. The van der Waals surface area contributed by atoms with Crippen molar-refractivity contribution in [3.8, 4) is 0 Å². The summed E-state index contributed by atoms with van der Waals surface area (Å²) in [4.78, 5) is 25.4. The first-order chi connectivity index (χ1) is 9.41. The number of rotatable bonds is 2. The molecule has 1 fully saturated rings. The van der Waals surface area contributed by atoms with E-state index in [1.54, 1.807) is 18.2 Å². The molecule has 0 aromatic heterocycles. The van der Waals surface area contributed by atoms with Crippen molar-refractivity contribution in [3.63, 3.8) is 0 Å². The summed E-state index contributed by atoms with van der Waals surface area (Å²) in [5.74, 6) is -1.33. The molecular weight excluding hydrogens is 346 g/mol. The highest BCUT2D eigenvalue weighted by molar-refractivity contribution is 9.10. The summed E-state index contributed by atoms with van der Waals surface area (Å²) in [6.45, 7) is 2.31. The van der Waals surface area contributed by atoms with E-state index < -0.39 is 12.0 Å². The normalized spacial score (nSPS) is 22.6. The molecular formula is C14H15BrClNO3. The molecule has 0 bridgehead atoms. The number of benzene rings is 1. The lowest BCUT2D eigenvalue weighted by Gasteiger charge is -2.37. The van der Waals surface area contributed by atoms with Gasteiger partial charge in [-0.05, 0) is 37.0 Å². The molecule has 1 aromatic carbocycles. The van der Waals surface area contributed by atoms with Gasteiger partial charge in [-0.25, -0.2) is 4.79 Å². The third kappa shape index (κ3) is 2.99. The van der Waals surface area contributed by atoms with Crippen molar-refractivity contribution >= 4 is 39.4 Å². The Hall–Kier alpha value is -1.07. The number of nitrogens with zero attached hydrogens (tertiary/aromatic N) is 1. The van der Waals surface area contributed by atoms with Crippen LogP contribution in [-0.2, 0) is 4.79 Å². The lowest BCUT2D eigenvalue weighted by atomic mass is 9.90. The zero-order valence-corrected chi connectivity index (χ0v) is 13.3. The molecule has 1 aromatic rings. The van der Waals surface area contributed by atoms with Gasteiger partial charge in [-0.1, -0.05) is 34.5 Å². The van der Waals surface area contributed by atoms with E-state index in [0.29, 0.717) is 17.1 Å². The Morgan fingerprint density at radius 2 is 2.15 bits per heavy atom. The molecule has 2 atom stereocenters. The molecule has 108 valence electrons. The van der Waals surface area contributed by atoms with Crippen LogP contribution in [-0.4, -0.2) is 34.5 Å². The molecule has 1 aliphatic rings. The smallest absolute Gasteiger partial charge is 0.326 e. The molecule has 1 heterocycles. The quantitative estimate of drug-likeness (QED) is 0.879. The van der Waals surface area contributed by atoms with Gasteiger partial charge >= 0.3 is 5.97 Å². The van der Waals surface area contributed by atoms with Crippen LogP contribution in [0.1, 0.15) is 30.1 Å². The molecule has 1 N–H and O–H groups in total. The van der Waals surface area contributed by atoms with Crippen LogP contribution in [0.5, 0.6) is 0 Å². The Balaban J connectivity index is 2.33. The second kappa shape index (κ2) is 6.14. The van der Waals surface area contributed by atoms with E-state index in [0.717, 1.165) is 17.3 Å². The van der Waals surface area contributed by atoms with Crippen molar-refractivity contribution in [2.45, 2.75) is 25.8 Å². The number of amides is 1. The SMILES string of the molecule is CC1CCCN(C(=O)c2ccc(Br)cc2Cl)C1C(=O)O. The van der Waals surface area contributed by atoms with Crippen molar-refractivity contribution in [2.24, 2.45) is 5.92 Å². The molecule has 20 heavy (non-hydrogen) atoms. The van der Waals surface area contributed by atoms with Crippen molar-refractivity contribution in [2.75, 3.05) is 6.54 Å². The number of carboxylic acid groups (broad SMARTS) is 1. The Morgan fingerprint density at radius 3 is 2.75 bits per heavy atom. The zero-order valence-electron chi connectivity index (χ0n) is 11.0. The number of aliphatic carboxylic acids is 1. The summed E-state index contributed by atoms with van der Waals surface area (Å²) in [6.07, 6.45) is 1.62. The maximum atomic E-state index is 12.6. The van der Waals surface area contributed by atoms with Crippen LogP contribution in [0.4, 0.5) is 0 Å². The van der Waals surface area contributed by atoms with Crippen molar-refractivity contribution in [3.05, 3.63) is 33.3 Å². The Labute approximate surface area is 130 Å².